The lowest BCUT2D eigenvalue weighted by Crippen LogP contribution is -2.52. The lowest BCUT2D eigenvalue weighted by Gasteiger charge is -2.38. The van der Waals surface area contributed by atoms with E-state index >= 15 is 0 Å². The van der Waals surface area contributed by atoms with Gasteiger partial charge in [0.25, 0.3) is 0 Å². The molecule has 0 unspecified atom stereocenters. The summed E-state index contributed by atoms with van der Waals surface area (Å²) in [7, 11) is 0. The summed E-state index contributed by atoms with van der Waals surface area (Å²) in [6, 6.07) is 10.1. The van der Waals surface area contributed by atoms with E-state index in [9.17, 15) is 9.90 Å². The first-order valence-electron chi connectivity index (χ1n) is 9.13. The van der Waals surface area contributed by atoms with Crippen LogP contribution in [0.15, 0.2) is 30.3 Å². The van der Waals surface area contributed by atoms with Gasteiger partial charge in [0, 0.05) is 32.7 Å². The number of amides is 1. The van der Waals surface area contributed by atoms with Crippen LogP contribution in [-0.2, 0) is 4.79 Å². The third-order valence-corrected chi connectivity index (χ3v) is 5.06. The number of carbonyl (C=O) groups excluding carboxylic acids is 1. The lowest BCUT2D eigenvalue weighted by molar-refractivity contribution is -0.138. The summed E-state index contributed by atoms with van der Waals surface area (Å²) in [6.07, 6.45) is 2.05. The molecular weight excluding hydrogens is 302 g/mol. The Kier molecular flexibility index (Phi) is 5.87. The van der Waals surface area contributed by atoms with E-state index < -0.39 is 0 Å². The summed E-state index contributed by atoms with van der Waals surface area (Å²) in [4.78, 5) is 19.8. The van der Waals surface area contributed by atoms with E-state index in [0.717, 1.165) is 44.8 Å². The number of aliphatic hydroxyl groups is 1. The summed E-state index contributed by atoms with van der Waals surface area (Å²) in [5.74, 6) is 0.236. The van der Waals surface area contributed by atoms with Gasteiger partial charge in [-0.1, -0.05) is 30.3 Å². The van der Waals surface area contributed by atoms with Crippen molar-refractivity contribution in [1.82, 2.24) is 14.7 Å². The molecule has 2 saturated heterocycles. The van der Waals surface area contributed by atoms with E-state index in [-0.39, 0.29) is 18.1 Å². The number of likely N-dealkylation sites (tertiary alicyclic amines) is 1. The average molecular weight is 331 g/mol. The molecule has 1 N–H and O–H groups in total. The normalized spacial score (nSPS) is 22.5. The van der Waals surface area contributed by atoms with Crippen LogP contribution in [0.2, 0.25) is 0 Å². The van der Waals surface area contributed by atoms with Gasteiger partial charge in [0.2, 0.25) is 5.91 Å². The third-order valence-electron chi connectivity index (χ3n) is 5.06. The fourth-order valence-electron chi connectivity index (χ4n) is 3.84. The molecule has 24 heavy (non-hydrogen) atoms. The van der Waals surface area contributed by atoms with E-state index in [4.69, 9.17) is 0 Å². The molecule has 1 aromatic rings. The molecule has 2 atom stereocenters. The van der Waals surface area contributed by atoms with Gasteiger partial charge in [0.05, 0.1) is 6.10 Å². The minimum Gasteiger partial charge on any atom is -0.392 e. The molecule has 0 saturated carbocycles. The van der Waals surface area contributed by atoms with E-state index in [0.29, 0.717) is 6.54 Å². The molecule has 1 aromatic carbocycles. The molecule has 0 aliphatic carbocycles. The number of hydrogen-bond acceptors (Lipinski definition) is 4. The van der Waals surface area contributed by atoms with Gasteiger partial charge >= 0.3 is 0 Å². The van der Waals surface area contributed by atoms with Crippen molar-refractivity contribution in [3.63, 3.8) is 0 Å². The number of benzene rings is 1. The topological polar surface area (TPSA) is 47.0 Å². The standard InChI is InChI=1S/C19H29N3O2/c1-16(23)15-20-11-13-22(14-12-20)19(24)18(21-9-5-6-10-21)17-7-3-2-4-8-17/h2-4,7-8,16,18,23H,5-6,9-15H2,1H3/t16-,18+/m0/s1. The van der Waals surface area contributed by atoms with Gasteiger partial charge in [-0.05, 0) is 38.4 Å². The molecule has 0 bridgehead atoms. The zero-order chi connectivity index (χ0) is 16.9. The molecule has 0 aromatic heterocycles. The van der Waals surface area contributed by atoms with Crippen molar-refractivity contribution in [2.24, 2.45) is 0 Å². The largest absolute Gasteiger partial charge is 0.392 e. The Morgan fingerprint density at radius 3 is 2.25 bits per heavy atom. The van der Waals surface area contributed by atoms with Crippen LogP contribution < -0.4 is 0 Å². The van der Waals surface area contributed by atoms with Crippen LogP contribution in [0.1, 0.15) is 31.4 Å². The zero-order valence-electron chi connectivity index (χ0n) is 14.6. The highest BCUT2D eigenvalue weighted by molar-refractivity contribution is 5.83. The Morgan fingerprint density at radius 2 is 1.67 bits per heavy atom. The maximum atomic E-state index is 13.2. The predicted octanol–water partition coefficient (Wildman–Crippen LogP) is 1.35. The van der Waals surface area contributed by atoms with E-state index in [1.165, 1.54) is 12.8 Å². The Labute approximate surface area is 144 Å². The molecule has 0 radical (unpaired) electrons. The van der Waals surface area contributed by atoms with Gasteiger partial charge in [-0.3, -0.25) is 14.6 Å². The van der Waals surface area contributed by atoms with E-state index in [1.54, 1.807) is 0 Å². The molecule has 0 spiro atoms. The molecule has 2 fully saturated rings. The van der Waals surface area contributed by atoms with Crippen LogP contribution in [0.25, 0.3) is 0 Å². The van der Waals surface area contributed by atoms with Crippen LogP contribution in [-0.4, -0.2) is 77.6 Å². The number of hydrogen-bond donors (Lipinski definition) is 1. The van der Waals surface area contributed by atoms with Crippen molar-refractivity contribution >= 4 is 5.91 Å². The minimum absolute atomic E-state index is 0.142. The predicted molar refractivity (Wildman–Crippen MR) is 94.7 cm³/mol. The van der Waals surface area contributed by atoms with Crippen LogP contribution in [0.5, 0.6) is 0 Å². The monoisotopic (exact) mass is 331 g/mol. The third kappa shape index (κ3) is 4.15. The highest BCUT2D eigenvalue weighted by Crippen LogP contribution is 2.27. The summed E-state index contributed by atoms with van der Waals surface area (Å²) in [5, 5.41) is 9.53. The van der Waals surface area contributed by atoms with Crippen molar-refractivity contribution in [1.29, 1.82) is 0 Å². The fraction of sp³-hybridized carbons (Fsp3) is 0.632. The fourth-order valence-corrected chi connectivity index (χ4v) is 3.84. The first-order valence-corrected chi connectivity index (χ1v) is 9.13. The molecule has 132 valence electrons. The molecular formula is C19H29N3O2. The number of carbonyl (C=O) groups is 1. The summed E-state index contributed by atoms with van der Waals surface area (Å²) >= 11 is 0. The van der Waals surface area contributed by atoms with Crippen LogP contribution >= 0.6 is 0 Å². The summed E-state index contributed by atoms with van der Waals surface area (Å²) < 4.78 is 0. The van der Waals surface area contributed by atoms with Gasteiger partial charge in [-0.25, -0.2) is 0 Å². The minimum atomic E-state index is -0.311. The molecule has 2 aliphatic heterocycles. The number of rotatable bonds is 5. The molecule has 3 rings (SSSR count). The first kappa shape index (κ1) is 17.4. The highest BCUT2D eigenvalue weighted by atomic mass is 16.3. The Morgan fingerprint density at radius 1 is 1.04 bits per heavy atom. The lowest BCUT2D eigenvalue weighted by atomic mass is 10.0. The van der Waals surface area contributed by atoms with Crippen molar-refractivity contribution < 1.29 is 9.90 Å². The summed E-state index contributed by atoms with van der Waals surface area (Å²) in [5.41, 5.74) is 1.11. The smallest absolute Gasteiger partial charge is 0.244 e. The van der Waals surface area contributed by atoms with Crippen LogP contribution in [0, 0.1) is 0 Å². The van der Waals surface area contributed by atoms with Crippen molar-refractivity contribution in [3.8, 4) is 0 Å². The van der Waals surface area contributed by atoms with Gasteiger partial charge in [-0.2, -0.15) is 0 Å². The molecule has 2 heterocycles. The van der Waals surface area contributed by atoms with Crippen molar-refractivity contribution in [3.05, 3.63) is 35.9 Å². The van der Waals surface area contributed by atoms with Crippen molar-refractivity contribution in [2.45, 2.75) is 31.9 Å². The van der Waals surface area contributed by atoms with E-state index in [1.807, 2.05) is 30.0 Å². The second kappa shape index (κ2) is 8.10. The second-order valence-electron chi connectivity index (χ2n) is 7.03. The average Bonchev–Trinajstić information content (AvgIpc) is 3.10. The van der Waals surface area contributed by atoms with Gasteiger partial charge in [-0.15, -0.1) is 0 Å². The van der Waals surface area contributed by atoms with Gasteiger partial charge in [0.1, 0.15) is 6.04 Å². The molecule has 1 amide bonds. The quantitative estimate of drug-likeness (QED) is 0.885. The Hall–Kier alpha value is -1.43. The van der Waals surface area contributed by atoms with Gasteiger partial charge in [0.15, 0.2) is 0 Å². The van der Waals surface area contributed by atoms with E-state index in [2.05, 4.69) is 21.9 Å². The highest BCUT2D eigenvalue weighted by Gasteiger charge is 2.34. The molecule has 2 aliphatic rings. The van der Waals surface area contributed by atoms with Crippen LogP contribution in [0.4, 0.5) is 0 Å². The second-order valence-corrected chi connectivity index (χ2v) is 7.03. The first-order chi connectivity index (χ1) is 11.6. The summed E-state index contributed by atoms with van der Waals surface area (Å²) in [6.45, 7) is 7.72. The number of piperazine rings is 1. The number of β-amino-alcohol motifs (C(OH)–C–C–N with tert-alkyl or cyclic N) is 1. The Bertz CT molecular complexity index is 521. The van der Waals surface area contributed by atoms with Gasteiger partial charge < -0.3 is 10.0 Å². The molecule has 5 nitrogen and oxygen atoms in total. The number of nitrogens with zero attached hydrogens (tertiary/aromatic N) is 3. The van der Waals surface area contributed by atoms with Crippen LogP contribution in [0.3, 0.4) is 0 Å². The molecule has 5 heteroatoms. The van der Waals surface area contributed by atoms with Crippen molar-refractivity contribution in [2.75, 3.05) is 45.8 Å². The number of aliphatic hydroxyl groups excluding tert-OH is 1. The SMILES string of the molecule is C[C@H](O)CN1CCN(C(=O)[C@@H](c2ccccc2)N2CCCC2)CC1. The Balaban J connectivity index is 1.68. The maximum absolute atomic E-state index is 13.2. The zero-order valence-corrected chi connectivity index (χ0v) is 14.6. The maximum Gasteiger partial charge on any atom is 0.244 e.